The number of hydrogen-bond acceptors (Lipinski definition) is 7. The molecule has 5 aliphatic carbocycles. The van der Waals surface area contributed by atoms with Gasteiger partial charge in [-0.15, -0.1) is 0 Å². The summed E-state index contributed by atoms with van der Waals surface area (Å²) in [5.74, 6) is 0.634. The molecule has 45 heavy (non-hydrogen) atoms. The van der Waals surface area contributed by atoms with E-state index < -0.39 is 10.8 Å². The fourth-order valence-corrected chi connectivity index (χ4v) is 12.6. The lowest BCUT2D eigenvalue weighted by Gasteiger charge is -2.73. The number of carbonyl (C=O) groups is 4. The molecular formula is C37H57NO7. The van der Waals surface area contributed by atoms with E-state index in [0.29, 0.717) is 11.8 Å². The van der Waals surface area contributed by atoms with Crippen molar-refractivity contribution in [2.45, 2.75) is 119 Å². The first-order chi connectivity index (χ1) is 21.0. The molecular weight excluding hydrogens is 570 g/mol. The van der Waals surface area contributed by atoms with Crippen molar-refractivity contribution in [3.8, 4) is 0 Å². The van der Waals surface area contributed by atoms with Gasteiger partial charge in [0.05, 0.1) is 5.41 Å². The van der Waals surface area contributed by atoms with Gasteiger partial charge in [0.1, 0.15) is 19.3 Å². The van der Waals surface area contributed by atoms with Crippen LogP contribution in [0.25, 0.3) is 0 Å². The van der Waals surface area contributed by atoms with Crippen LogP contribution in [-0.4, -0.2) is 50.2 Å². The van der Waals surface area contributed by atoms with Crippen molar-refractivity contribution in [1.29, 1.82) is 0 Å². The third-order valence-electron chi connectivity index (χ3n) is 14.7. The van der Waals surface area contributed by atoms with Crippen LogP contribution in [0.4, 0.5) is 0 Å². The highest BCUT2D eigenvalue weighted by molar-refractivity contribution is 5.83. The highest BCUT2D eigenvalue weighted by Gasteiger charge is 2.72. The van der Waals surface area contributed by atoms with E-state index in [2.05, 4.69) is 39.6 Å². The van der Waals surface area contributed by atoms with Crippen LogP contribution < -0.4 is 5.32 Å². The van der Waals surface area contributed by atoms with Crippen LogP contribution in [0.3, 0.4) is 0 Å². The fourth-order valence-electron chi connectivity index (χ4n) is 12.6. The van der Waals surface area contributed by atoms with Crippen LogP contribution in [-0.2, 0) is 33.4 Å². The first kappa shape index (κ1) is 34.0. The van der Waals surface area contributed by atoms with E-state index in [1.54, 1.807) is 7.05 Å². The van der Waals surface area contributed by atoms with Crippen LogP contribution in [0.5, 0.6) is 0 Å². The van der Waals surface area contributed by atoms with Gasteiger partial charge >= 0.3 is 17.9 Å². The Kier molecular flexibility index (Phi) is 8.83. The van der Waals surface area contributed by atoms with Crippen molar-refractivity contribution >= 4 is 23.8 Å². The third-order valence-corrected chi connectivity index (χ3v) is 14.7. The molecule has 0 aromatic rings. The molecule has 0 saturated heterocycles. The Morgan fingerprint density at radius 1 is 0.756 bits per heavy atom. The summed E-state index contributed by atoms with van der Waals surface area (Å²) in [6.07, 6.45) is 9.23. The van der Waals surface area contributed by atoms with E-state index in [0.717, 1.165) is 69.8 Å². The molecule has 5 saturated carbocycles. The van der Waals surface area contributed by atoms with E-state index in [9.17, 15) is 19.2 Å². The van der Waals surface area contributed by atoms with Gasteiger partial charge in [-0.1, -0.05) is 34.3 Å². The summed E-state index contributed by atoms with van der Waals surface area (Å²) >= 11 is 0. The molecule has 0 aliphatic heterocycles. The van der Waals surface area contributed by atoms with Crippen molar-refractivity contribution in [3.63, 3.8) is 0 Å². The van der Waals surface area contributed by atoms with E-state index in [4.69, 9.17) is 14.2 Å². The summed E-state index contributed by atoms with van der Waals surface area (Å²) < 4.78 is 17.1. The maximum absolute atomic E-state index is 13.8. The average Bonchev–Trinajstić information content (AvgIpc) is 3.37. The Morgan fingerprint density at radius 2 is 1.44 bits per heavy atom. The van der Waals surface area contributed by atoms with Crippen molar-refractivity contribution in [2.24, 2.45) is 56.7 Å². The Labute approximate surface area is 270 Å². The number of esters is 3. The molecule has 1 N–H and O–H groups in total. The minimum Gasteiger partial charge on any atom is -0.465 e. The zero-order valence-electron chi connectivity index (χ0n) is 29.0. The minimum atomic E-state index is -0.463. The van der Waals surface area contributed by atoms with E-state index in [1.165, 1.54) is 20.8 Å². The van der Waals surface area contributed by atoms with Gasteiger partial charge in [0.2, 0.25) is 5.91 Å². The monoisotopic (exact) mass is 627 g/mol. The standard InChI is InChI=1S/C37H57NO7/c1-22(20-43-23(2)39)26-12-17-37(32(42)38-9)19-18-35(7)27(31(26)37)10-11-29-33(5)15-14-30(45-25(4)41)34(6,21-44-24(3)40)28(33)13-16-36(29,35)8/h26-31H,1,10-21H2,2-9H3,(H,38,42)/t26-,27?,28+,29+,30?,31+,33-,34-,35+,36+,37-/m0/s1. The first-order valence-electron chi connectivity index (χ1n) is 17.3. The molecule has 8 heteroatoms. The molecule has 0 radical (unpaired) electrons. The van der Waals surface area contributed by atoms with E-state index >= 15 is 0 Å². The molecule has 5 aliphatic rings. The first-order valence-corrected chi connectivity index (χ1v) is 17.3. The van der Waals surface area contributed by atoms with Crippen LogP contribution in [0.15, 0.2) is 12.2 Å². The number of amides is 1. The zero-order chi connectivity index (χ0) is 33.2. The molecule has 8 nitrogen and oxygen atoms in total. The summed E-state index contributed by atoms with van der Waals surface area (Å²) in [7, 11) is 1.77. The number of fused-ring (bicyclic) bond motifs is 7. The molecule has 11 atom stereocenters. The van der Waals surface area contributed by atoms with Crippen LogP contribution in [0, 0.1) is 56.7 Å². The minimum absolute atomic E-state index is 0.00411. The summed E-state index contributed by atoms with van der Waals surface area (Å²) in [5.41, 5.74) is 0.133. The summed E-state index contributed by atoms with van der Waals surface area (Å²) in [5, 5.41) is 3.04. The van der Waals surface area contributed by atoms with Crippen molar-refractivity contribution < 1.29 is 33.4 Å². The summed E-state index contributed by atoms with van der Waals surface area (Å²) in [6, 6.07) is 0. The Hall–Kier alpha value is -2.38. The van der Waals surface area contributed by atoms with Gasteiger partial charge < -0.3 is 19.5 Å². The molecule has 0 heterocycles. The van der Waals surface area contributed by atoms with Gasteiger partial charge in [-0.05, 0) is 116 Å². The highest BCUT2D eigenvalue weighted by atomic mass is 16.6. The van der Waals surface area contributed by atoms with Crippen LogP contribution in [0.2, 0.25) is 0 Å². The Balaban J connectivity index is 1.51. The smallest absolute Gasteiger partial charge is 0.302 e. The summed E-state index contributed by atoms with van der Waals surface area (Å²) in [6.45, 7) is 19.0. The largest absolute Gasteiger partial charge is 0.465 e. The van der Waals surface area contributed by atoms with Gasteiger partial charge in [0.25, 0.3) is 0 Å². The van der Waals surface area contributed by atoms with Gasteiger partial charge in [0, 0.05) is 33.2 Å². The second-order valence-electron chi connectivity index (χ2n) is 16.4. The van der Waals surface area contributed by atoms with Gasteiger partial charge in [-0.2, -0.15) is 0 Å². The highest BCUT2D eigenvalue weighted by Crippen LogP contribution is 2.77. The van der Waals surface area contributed by atoms with Gasteiger partial charge in [0.15, 0.2) is 0 Å². The topological polar surface area (TPSA) is 108 Å². The maximum atomic E-state index is 13.8. The van der Waals surface area contributed by atoms with Crippen molar-refractivity contribution in [3.05, 3.63) is 12.2 Å². The lowest BCUT2D eigenvalue weighted by atomic mass is 9.32. The van der Waals surface area contributed by atoms with E-state index in [1.807, 2.05) is 0 Å². The Morgan fingerprint density at radius 3 is 2.07 bits per heavy atom. The molecule has 1 amide bonds. The van der Waals surface area contributed by atoms with E-state index in [-0.39, 0.29) is 77.1 Å². The normalized spacial score (nSPS) is 45.1. The third kappa shape index (κ3) is 5.06. The quantitative estimate of drug-likeness (QED) is 0.198. The number of rotatable bonds is 7. The molecule has 0 spiro atoms. The van der Waals surface area contributed by atoms with Crippen molar-refractivity contribution in [2.75, 3.05) is 20.3 Å². The predicted octanol–water partition coefficient (Wildman–Crippen LogP) is 6.41. The molecule has 0 aromatic heterocycles. The SMILES string of the molecule is C=C(COC(C)=O)[C@@H]1CC[C@]2(C(=O)NC)CC[C@]3(C)C(CC[C@@H]4[C@@]5(C)CCC(OC(C)=O)[C@@](C)(COC(C)=O)[C@@H]5CC[C@]43C)[C@@H]12. The molecule has 252 valence electrons. The van der Waals surface area contributed by atoms with Crippen LogP contribution in [0.1, 0.15) is 113 Å². The summed E-state index contributed by atoms with van der Waals surface area (Å²) in [4.78, 5) is 49.7. The molecule has 5 fully saturated rings. The zero-order valence-corrected chi connectivity index (χ0v) is 29.0. The van der Waals surface area contributed by atoms with Crippen molar-refractivity contribution in [1.82, 2.24) is 5.32 Å². The average molecular weight is 628 g/mol. The number of hydrogen-bond donors (Lipinski definition) is 1. The second kappa shape index (κ2) is 11.7. The number of ether oxygens (including phenoxy) is 3. The predicted molar refractivity (Wildman–Crippen MR) is 171 cm³/mol. The number of carbonyl (C=O) groups excluding carboxylic acids is 4. The fraction of sp³-hybridized carbons (Fsp3) is 0.838. The maximum Gasteiger partial charge on any atom is 0.302 e. The second-order valence-corrected chi connectivity index (χ2v) is 16.4. The molecule has 0 aromatic carbocycles. The Bertz CT molecular complexity index is 1250. The van der Waals surface area contributed by atoms with Gasteiger partial charge in [-0.25, -0.2) is 0 Å². The molecule has 2 unspecified atom stereocenters. The lowest BCUT2D eigenvalue weighted by Crippen LogP contribution is -2.68. The van der Waals surface area contributed by atoms with Crippen LogP contribution >= 0.6 is 0 Å². The lowest BCUT2D eigenvalue weighted by molar-refractivity contribution is -0.256. The van der Waals surface area contributed by atoms with Gasteiger partial charge in [-0.3, -0.25) is 19.2 Å². The molecule has 0 bridgehead atoms. The number of nitrogens with one attached hydrogen (secondary N) is 1. The molecule has 5 rings (SSSR count).